The molecule has 2 N–H and O–H groups in total. The Balaban J connectivity index is 1.80. The van der Waals surface area contributed by atoms with Crippen LogP contribution >= 0.6 is 0 Å². The molecule has 0 saturated carbocycles. The maximum atomic E-state index is 12.1. The van der Waals surface area contributed by atoms with Crippen molar-refractivity contribution in [2.75, 3.05) is 26.0 Å². The highest BCUT2D eigenvalue weighted by atomic mass is 32.2. The molecule has 24 heavy (non-hydrogen) atoms. The molecular weight excluding hydrogens is 324 g/mol. The molecule has 1 atom stereocenters. The molecule has 0 radical (unpaired) electrons. The van der Waals surface area contributed by atoms with Crippen LogP contribution in [-0.2, 0) is 22.1 Å². The molecule has 0 aromatic heterocycles. The van der Waals surface area contributed by atoms with Gasteiger partial charge in [0.1, 0.15) is 5.75 Å². The van der Waals surface area contributed by atoms with Crippen molar-refractivity contribution >= 4 is 16.7 Å². The summed E-state index contributed by atoms with van der Waals surface area (Å²) in [5, 5.41) is 5.79. The van der Waals surface area contributed by atoms with Gasteiger partial charge in [-0.2, -0.15) is 0 Å². The molecule has 2 rings (SSSR count). The summed E-state index contributed by atoms with van der Waals surface area (Å²) in [5.74, 6) is 1.06. The van der Waals surface area contributed by atoms with Gasteiger partial charge in [0, 0.05) is 36.3 Å². The Bertz CT molecular complexity index is 677. The highest BCUT2D eigenvalue weighted by molar-refractivity contribution is 7.85. The van der Waals surface area contributed by atoms with Gasteiger partial charge in [-0.05, 0) is 18.2 Å². The average molecular weight is 346 g/mol. The van der Waals surface area contributed by atoms with Gasteiger partial charge in [-0.15, -0.1) is 0 Å². The Labute approximate surface area is 144 Å². The average Bonchev–Trinajstić information content (AvgIpc) is 2.64. The normalized spacial score (nSPS) is 11.7. The Kier molecular flexibility index (Phi) is 7.45. The number of benzene rings is 2. The molecule has 6 heteroatoms. The van der Waals surface area contributed by atoms with Crippen LogP contribution in [0.2, 0.25) is 0 Å². The van der Waals surface area contributed by atoms with Gasteiger partial charge >= 0.3 is 0 Å². The quantitative estimate of drug-likeness (QED) is 0.679. The predicted molar refractivity (Wildman–Crippen MR) is 95.4 cm³/mol. The first-order valence-corrected chi connectivity index (χ1v) is 9.08. The molecule has 0 fully saturated rings. The van der Waals surface area contributed by atoms with E-state index in [2.05, 4.69) is 10.6 Å². The number of hydrogen-bond acceptors (Lipinski definition) is 4. The van der Waals surface area contributed by atoms with E-state index in [4.69, 9.17) is 4.74 Å². The van der Waals surface area contributed by atoms with Crippen LogP contribution in [0.3, 0.4) is 0 Å². The van der Waals surface area contributed by atoms with E-state index in [0.717, 1.165) is 10.5 Å². The zero-order valence-electron chi connectivity index (χ0n) is 13.7. The maximum absolute atomic E-state index is 12.1. The standard InChI is InChI=1S/C18H22N2O3S/c1-19-18(21)14-23-17-10-6-5-7-15(17)13-20-11-12-24(22)16-8-3-2-4-9-16/h2-10,20H,11-14H2,1H3,(H,19,21)/t24-/m1/s1. The maximum Gasteiger partial charge on any atom is 0.257 e. The van der Waals surface area contributed by atoms with E-state index in [1.165, 1.54) is 0 Å². The second kappa shape index (κ2) is 9.85. The van der Waals surface area contributed by atoms with Crippen LogP contribution in [0.4, 0.5) is 0 Å². The van der Waals surface area contributed by atoms with Gasteiger partial charge < -0.3 is 15.4 Å². The molecule has 0 saturated heterocycles. The lowest BCUT2D eigenvalue weighted by Crippen LogP contribution is -2.25. The van der Waals surface area contributed by atoms with Crippen LogP contribution in [0, 0.1) is 0 Å². The fourth-order valence-corrected chi connectivity index (χ4v) is 3.11. The number of hydrogen-bond donors (Lipinski definition) is 2. The number of nitrogens with one attached hydrogen (secondary N) is 2. The van der Waals surface area contributed by atoms with Crippen molar-refractivity contribution in [3.8, 4) is 5.75 Å². The SMILES string of the molecule is CNC(=O)COc1ccccc1CNCC[S@@](=O)c1ccccc1. The first kappa shape index (κ1) is 18.2. The number of carbonyl (C=O) groups is 1. The fourth-order valence-electron chi connectivity index (χ4n) is 2.08. The summed E-state index contributed by atoms with van der Waals surface area (Å²) in [7, 11) is 0.571. The van der Waals surface area contributed by atoms with Crippen molar-refractivity contribution < 1.29 is 13.7 Å². The Morgan fingerprint density at radius 2 is 1.79 bits per heavy atom. The molecule has 1 amide bonds. The molecule has 0 unspecified atom stereocenters. The van der Waals surface area contributed by atoms with Crippen molar-refractivity contribution in [1.29, 1.82) is 0 Å². The van der Waals surface area contributed by atoms with Crippen molar-refractivity contribution in [1.82, 2.24) is 10.6 Å². The van der Waals surface area contributed by atoms with E-state index in [-0.39, 0.29) is 12.5 Å². The van der Waals surface area contributed by atoms with E-state index >= 15 is 0 Å². The molecule has 128 valence electrons. The first-order chi connectivity index (χ1) is 11.7. The smallest absolute Gasteiger partial charge is 0.257 e. The number of likely N-dealkylation sites (N-methyl/N-ethyl adjacent to an activating group) is 1. The summed E-state index contributed by atoms with van der Waals surface area (Å²) in [6.07, 6.45) is 0. The van der Waals surface area contributed by atoms with E-state index < -0.39 is 10.8 Å². The third-order valence-electron chi connectivity index (χ3n) is 3.40. The third-order valence-corrected chi connectivity index (χ3v) is 4.77. The minimum Gasteiger partial charge on any atom is -0.483 e. The minimum atomic E-state index is -1.00. The lowest BCUT2D eigenvalue weighted by molar-refractivity contribution is -0.122. The van der Waals surface area contributed by atoms with Crippen LogP contribution < -0.4 is 15.4 Å². The number of carbonyl (C=O) groups excluding carboxylic acids is 1. The first-order valence-electron chi connectivity index (χ1n) is 7.76. The Hall–Kier alpha value is -2.18. The largest absolute Gasteiger partial charge is 0.483 e. The van der Waals surface area contributed by atoms with E-state index in [1.54, 1.807) is 7.05 Å². The summed E-state index contributed by atoms with van der Waals surface area (Å²) in [4.78, 5) is 12.1. The monoisotopic (exact) mass is 346 g/mol. The van der Waals surface area contributed by atoms with Crippen LogP contribution in [0.15, 0.2) is 59.5 Å². The highest BCUT2D eigenvalue weighted by Gasteiger charge is 2.06. The zero-order valence-corrected chi connectivity index (χ0v) is 14.5. The van der Waals surface area contributed by atoms with Crippen LogP contribution in [0.5, 0.6) is 5.75 Å². The van der Waals surface area contributed by atoms with Crippen LogP contribution in [0.1, 0.15) is 5.56 Å². The summed E-state index contributed by atoms with van der Waals surface area (Å²) in [6, 6.07) is 17.0. The molecule has 0 spiro atoms. The second-order valence-corrected chi connectivity index (χ2v) is 6.68. The van der Waals surface area contributed by atoms with Gasteiger partial charge in [0.25, 0.3) is 5.91 Å². The Morgan fingerprint density at radius 1 is 1.08 bits per heavy atom. The van der Waals surface area contributed by atoms with E-state index in [9.17, 15) is 9.00 Å². The lowest BCUT2D eigenvalue weighted by Gasteiger charge is -2.11. The number of rotatable bonds is 9. The zero-order chi connectivity index (χ0) is 17.2. The fraction of sp³-hybridized carbons (Fsp3) is 0.278. The van der Waals surface area contributed by atoms with Crippen molar-refractivity contribution in [2.45, 2.75) is 11.4 Å². The van der Waals surface area contributed by atoms with Crippen LogP contribution in [0.25, 0.3) is 0 Å². The van der Waals surface area contributed by atoms with E-state index in [1.807, 2.05) is 54.6 Å². The molecular formula is C18H22N2O3S. The molecule has 5 nitrogen and oxygen atoms in total. The summed E-state index contributed by atoms with van der Waals surface area (Å²) >= 11 is 0. The molecule has 0 heterocycles. The summed E-state index contributed by atoms with van der Waals surface area (Å²) < 4.78 is 17.7. The molecule has 2 aromatic carbocycles. The van der Waals surface area contributed by atoms with Gasteiger partial charge in [-0.25, -0.2) is 0 Å². The molecule has 2 aromatic rings. The Morgan fingerprint density at radius 3 is 2.54 bits per heavy atom. The van der Waals surface area contributed by atoms with Gasteiger partial charge in [-0.1, -0.05) is 36.4 Å². The second-order valence-electron chi connectivity index (χ2n) is 5.11. The van der Waals surface area contributed by atoms with Crippen molar-refractivity contribution in [3.63, 3.8) is 0 Å². The molecule has 0 aliphatic rings. The van der Waals surface area contributed by atoms with Gasteiger partial charge in [-0.3, -0.25) is 9.00 Å². The summed E-state index contributed by atoms with van der Waals surface area (Å²) in [6.45, 7) is 1.22. The van der Waals surface area contributed by atoms with Crippen molar-refractivity contribution in [3.05, 3.63) is 60.2 Å². The van der Waals surface area contributed by atoms with Gasteiger partial charge in [0.2, 0.25) is 0 Å². The molecule has 0 bridgehead atoms. The van der Waals surface area contributed by atoms with Crippen molar-refractivity contribution in [2.24, 2.45) is 0 Å². The number of para-hydroxylation sites is 1. The molecule has 0 aliphatic carbocycles. The topological polar surface area (TPSA) is 67.4 Å². The van der Waals surface area contributed by atoms with Gasteiger partial charge in [0.05, 0.1) is 10.8 Å². The number of amides is 1. The van der Waals surface area contributed by atoms with E-state index in [0.29, 0.717) is 24.6 Å². The third kappa shape index (κ3) is 5.79. The molecule has 0 aliphatic heterocycles. The minimum absolute atomic E-state index is 0.00840. The van der Waals surface area contributed by atoms with Crippen LogP contribution in [-0.4, -0.2) is 36.1 Å². The number of ether oxygens (including phenoxy) is 1. The van der Waals surface area contributed by atoms with Gasteiger partial charge in [0.15, 0.2) is 6.61 Å². The lowest BCUT2D eigenvalue weighted by atomic mass is 10.2. The predicted octanol–water partition coefficient (Wildman–Crippen LogP) is 1.71. The highest BCUT2D eigenvalue weighted by Crippen LogP contribution is 2.17. The summed E-state index contributed by atoms with van der Waals surface area (Å²) in [5.41, 5.74) is 0.965.